The van der Waals surface area contributed by atoms with Crippen molar-refractivity contribution in [2.24, 2.45) is 5.73 Å². The van der Waals surface area contributed by atoms with Crippen molar-refractivity contribution in [2.45, 2.75) is 55.6 Å². The van der Waals surface area contributed by atoms with Gasteiger partial charge in [-0.05, 0) is 40.7 Å². The van der Waals surface area contributed by atoms with E-state index in [1.165, 1.54) is 0 Å². The maximum atomic E-state index is 13.3. The van der Waals surface area contributed by atoms with Crippen LogP contribution in [0.1, 0.15) is 29.5 Å². The Hall–Kier alpha value is -2.90. The highest BCUT2D eigenvalue weighted by molar-refractivity contribution is 5.88. The first-order chi connectivity index (χ1) is 17.1. The third-order valence-electron chi connectivity index (χ3n) is 6.78. The molecule has 2 aromatic carbocycles. The number of fused-ring (bicyclic) bond motifs is 3. The molecular weight excluding hydrogens is 472 g/mol. The first kappa shape index (κ1) is 26.2. The summed E-state index contributed by atoms with van der Waals surface area (Å²) in [4.78, 5) is 24.1. The Morgan fingerprint density at radius 3 is 2.58 bits per heavy atom. The summed E-state index contributed by atoms with van der Waals surface area (Å²) in [6, 6.07) is 13.6. The average Bonchev–Trinajstić information content (AvgIpc) is 3.25. The minimum Gasteiger partial charge on any atom is -0.481 e. The number of carboxylic acids is 1. The molecular formula is C25H30N2O9. The number of aliphatic carboxylic acids is 1. The van der Waals surface area contributed by atoms with E-state index in [1.807, 2.05) is 42.5 Å². The summed E-state index contributed by atoms with van der Waals surface area (Å²) in [7, 11) is 0. The Balaban J connectivity index is 1.55. The summed E-state index contributed by atoms with van der Waals surface area (Å²) in [6.07, 6.45) is -5.09. The van der Waals surface area contributed by atoms with E-state index in [0.717, 1.165) is 27.8 Å². The molecule has 1 fully saturated rings. The Kier molecular flexibility index (Phi) is 7.43. The molecule has 5 atom stereocenters. The Morgan fingerprint density at radius 1 is 1.14 bits per heavy atom. The summed E-state index contributed by atoms with van der Waals surface area (Å²) in [5.41, 5.74) is 8.61. The minimum atomic E-state index is -2.96. The van der Waals surface area contributed by atoms with Crippen molar-refractivity contribution in [3.8, 4) is 11.1 Å². The topological polar surface area (TPSA) is 192 Å². The lowest BCUT2D eigenvalue weighted by Gasteiger charge is -2.51. The zero-order valence-corrected chi connectivity index (χ0v) is 19.5. The molecule has 0 saturated carbocycles. The van der Waals surface area contributed by atoms with Gasteiger partial charge in [0.1, 0.15) is 18.3 Å². The molecule has 0 bridgehead atoms. The number of carboxylic acid groups (broad SMARTS) is 1. The van der Waals surface area contributed by atoms with Crippen LogP contribution in [0.4, 0.5) is 0 Å². The van der Waals surface area contributed by atoms with Gasteiger partial charge in [0, 0.05) is 13.0 Å². The molecule has 1 saturated heterocycles. The maximum Gasteiger partial charge on any atom is 0.312 e. The van der Waals surface area contributed by atoms with E-state index in [4.69, 9.17) is 20.3 Å². The summed E-state index contributed by atoms with van der Waals surface area (Å²) < 4.78 is 10.5. The molecule has 2 aliphatic rings. The Bertz CT molecular complexity index is 1140. The highest BCUT2D eigenvalue weighted by atomic mass is 16.8. The van der Waals surface area contributed by atoms with Crippen LogP contribution in [0, 0.1) is 0 Å². The molecule has 0 radical (unpaired) electrons. The SMILES string of the molecule is N[C@]1(C(=O)NCc2cccc3c2Cc2ccccc2-3)[C@@H](O)[C@H](O)[C@@H](CO)OC1(O)OCCCC(=O)O. The Labute approximate surface area is 207 Å². The largest absolute Gasteiger partial charge is 0.481 e. The second-order valence-corrected chi connectivity index (χ2v) is 9.03. The van der Waals surface area contributed by atoms with Gasteiger partial charge in [-0.1, -0.05) is 42.5 Å². The van der Waals surface area contributed by atoms with E-state index < -0.39 is 48.3 Å². The molecule has 4 rings (SSSR count). The summed E-state index contributed by atoms with van der Waals surface area (Å²) in [6.45, 7) is -1.20. The number of benzene rings is 2. The molecule has 0 spiro atoms. The number of nitrogens with one attached hydrogen (secondary N) is 1. The van der Waals surface area contributed by atoms with Crippen LogP contribution in [0.2, 0.25) is 0 Å². The van der Waals surface area contributed by atoms with Crippen LogP contribution in [0.5, 0.6) is 0 Å². The van der Waals surface area contributed by atoms with E-state index in [2.05, 4.69) is 5.32 Å². The van der Waals surface area contributed by atoms with Crippen molar-refractivity contribution in [2.75, 3.05) is 13.2 Å². The quantitative estimate of drug-likeness (QED) is 0.144. The monoisotopic (exact) mass is 502 g/mol. The highest BCUT2D eigenvalue weighted by Gasteiger charge is 2.67. The second kappa shape index (κ2) is 10.2. The van der Waals surface area contributed by atoms with Crippen molar-refractivity contribution < 1.29 is 44.6 Å². The highest BCUT2D eigenvalue weighted by Crippen LogP contribution is 2.39. The van der Waals surface area contributed by atoms with Gasteiger partial charge in [0.25, 0.3) is 5.91 Å². The second-order valence-electron chi connectivity index (χ2n) is 9.03. The molecule has 11 nitrogen and oxygen atoms in total. The summed E-state index contributed by atoms with van der Waals surface area (Å²) in [5, 5.41) is 53.2. The van der Waals surface area contributed by atoms with Crippen LogP contribution in [-0.4, -0.2) is 80.4 Å². The molecule has 0 aromatic heterocycles. The summed E-state index contributed by atoms with van der Waals surface area (Å²) in [5.74, 6) is -5.14. The lowest BCUT2D eigenvalue weighted by atomic mass is 9.81. The number of rotatable bonds is 9. The van der Waals surface area contributed by atoms with E-state index in [0.29, 0.717) is 6.42 Å². The number of hydrogen-bond acceptors (Lipinski definition) is 9. The minimum absolute atomic E-state index is 0.00369. The first-order valence-corrected chi connectivity index (χ1v) is 11.6. The number of hydrogen-bond donors (Lipinski definition) is 7. The molecule has 11 heteroatoms. The molecule has 1 heterocycles. The van der Waals surface area contributed by atoms with Crippen LogP contribution >= 0.6 is 0 Å². The molecule has 1 aliphatic carbocycles. The number of aliphatic hydroxyl groups is 4. The molecule has 8 N–H and O–H groups in total. The van der Waals surface area contributed by atoms with Crippen LogP contribution in [0.3, 0.4) is 0 Å². The van der Waals surface area contributed by atoms with Gasteiger partial charge in [-0.15, -0.1) is 0 Å². The zero-order chi connectivity index (χ0) is 26.1. The lowest BCUT2D eigenvalue weighted by Crippen LogP contribution is -2.82. The van der Waals surface area contributed by atoms with Crippen molar-refractivity contribution in [3.63, 3.8) is 0 Å². The maximum absolute atomic E-state index is 13.3. The van der Waals surface area contributed by atoms with Gasteiger partial charge < -0.3 is 46.1 Å². The standard InChI is InChI=1S/C25H30N2O9/c26-24(22(32)21(31)19(13-28)36-25(24,34)35-10-4-9-20(29)30)23(33)27-12-15-6-3-8-17-16-7-2-1-5-14(16)11-18(15)17/h1-3,5-8,19,21-22,28,31-32,34H,4,9-13,26H2,(H,27,33)(H,29,30)/t19-,21-,22+,24+,25?/m1/s1. The number of carbonyl (C=O) groups is 2. The van der Waals surface area contributed by atoms with Gasteiger partial charge in [0.05, 0.1) is 13.2 Å². The first-order valence-electron chi connectivity index (χ1n) is 11.6. The van der Waals surface area contributed by atoms with Crippen molar-refractivity contribution in [3.05, 3.63) is 59.2 Å². The van der Waals surface area contributed by atoms with Crippen molar-refractivity contribution in [1.29, 1.82) is 0 Å². The zero-order valence-electron chi connectivity index (χ0n) is 19.5. The van der Waals surface area contributed by atoms with Crippen LogP contribution < -0.4 is 11.1 Å². The summed E-state index contributed by atoms with van der Waals surface area (Å²) >= 11 is 0. The van der Waals surface area contributed by atoms with Crippen molar-refractivity contribution >= 4 is 11.9 Å². The van der Waals surface area contributed by atoms with Crippen molar-refractivity contribution in [1.82, 2.24) is 5.32 Å². The number of amides is 1. The molecule has 1 amide bonds. The molecule has 2 aromatic rings. The number of nitrogens with two attached hydrogens (primary N) is 1. The molecule has 1 unspecified atom stereocenters. The fourth-order valence-corrected chi connectivity index (χ4v) is 4.75. The average molecular weight is 503 g/mol. The van der Waals surface area contributed by atoms with Gasteiger partial charge >= 0.3 is 11.9 Å². The third-order valence-corrected chi connectivity index (χ3v) is 6.78. The van der Waals surface area contributed by atoms with Gasteiger partial charge in [0.2, 0.25) is 5.54 Å². The van der Waals surface area contributed by atoms with E-state index >= 15 is 0 Å². The molecule has 194 valence electrons. The third kappa shape index (κ3) is 4.50. The number of ether oxygens (including phenoxy) is 2. The van der Waals surface area contributed by atoms with Crippen LogP contribution in [0.25, 0.3) is 11.1 Å². The normalized spacial score (nSPS) is 28.9. The van der Waals surface area contributed by atoms with E-state index in [-0.39, 0.29) is 26.0 Å². The molecule has 1 aliphatic heterocycles. The van der Waals surface area contributed by atoms with Gasteiger partial charge in [-0.2, -0.15) is 0 Å². The fourth-order valence-electron chi connectivity index (χ4n) is 4.75. The van der Waals surface area contributed by atoms with Crippen LogP contribution in [0.15, 0.2) is 42.5 Å². The predicted octanol–water partition coefficient (Wildman–Crippen LogP) is -0.788. The van der Waals surface area contributed by atoms with Gasteiger partial charge in [0.15, 0.2) is 0 Å². The van der Waals surface area contributed by atoms with E-state index in [9.17, 15) is 30.0 Å². The Morgan fingerprint density at radius 2 is 1.86 bits per heavy atom. The van der Waals surface area contributed by atoms with E-state index in [1.54, 1.807) is 0 Å². The van der Waals surface area contributed by atoms with Gasteiger partial charge in [-0.3, -0.25) is 9.59 Å². The smallest absolute Gasteiger partial charge is 0.312 e. The lowest BCUT2D eigenvalue weighted by molar-refractivity contribution is -0.437. The fraction of sp³-hybridized carbons (Fsp3) is 0.440. The van der Waals surface area contributed by atoms with Crippen LogP contribution in [-0.2, 0) is 32.0 Å². The predicted molar refractivity (Wildman–Crippen MR) is 125 cm³/mol. The number of aliphatic hydroxyl groups excluding tert-OH is 3. The molecule has 36 heavy (non-hydrogen) atoms. The van der Waals surface area contributed by atoms with Gasteiger partial charge in [-0.25, -0.2) is 0 Å². The number of carbonyl (C=O) groups excluding carboxylic acids is 1.